The first-order valence-electron chi connectivity index (χ1n) is 10.2. The molecule has 154 valence electrons. The molecule has 0 atom stereocenters. The van der Waals surface area contributed by atoms with Gasteiger partial charge in [0, 0.05) is 24.7 Å². The lowest BCUT2D eigenvalue weighted by Gasteiger charge is -2.29. The summed E-state index contributed by atoms with van der Waals surface area (Å²) in [6.45, 7) is 1.08. The molecule has 0 aromatic heterocycles. The zero-order valence-corrected chi connectivity index (χ0v) is 17.2. The highest BCUT2D eigenvalue weighted by Gasteiger charge is 2.24. The molecule has 0 spiro atoms. The summed E-state index contributed by atoms with van der Waals surface area (Å²) in [6.07, 6.45) is 5.67. The number of nitrogens with one attached hydrogen (secondary N) is 1. The van der Waals surface area contributed by atoms with Crippen molar-refractivity contribution >= 4 is 16.2 Å². The molecule has 6 nitrogen and oxygen atoms in total. The molecule has 0 bridgehead atoms. The van der Waals surface area contributed by atoms with Crippen LogP contribution in [0.15, 0.2) is 48.5 Å². The van der Waals surface area contributed by atoms with Crippen molar-refractivity contribution in [3.8, 4) is 5.75 Å². The van der Waals surface area contributed by atoms with Gasteiger partial charge in [-0.3, -0.25) is 4.79 Å². The maximum absolute atomic E-state index is 12.7. The number of carbonyl (C=O) groups excluding carboxylic acids is 1. The van der Waals surface area contributed by atoms with Crippen LogP contribution >= 0.6 is 0 Å². The number of rotatable bonds is 5. The van der Waals surface area contributed by atoms with E-state index in [0.717, 1.165) is 49.7 Å². The van der Waals surface area contributed by atoms with E-state index < -0.39 is 10.3 Å². The largest absolute Gasteiger partial charge is 0.382 e. The van der Waals surface area contributed by atoms with E-state index in [4.69, 9.17) is 4.18 Å². The highest BCUT2D eigenvalue weighted by molar-refractivity contribution is 7.85. The van der Waals surface area contributed by atoms with Crippen LogP contribution in [0.5, 0.6) is 5.75 Å². The summed E-state index contributed by atoms with van der Waals surface area (Å²) < 4.78 is 32.8. The minimum absolute atomic E-state index is 0.0193. The van der Waals surface area contributed by atoms with Gasteiger partial charge in [-0.25, -0.2) is 0 Å². The number of nitrogens with zero attached hydrogens (tertiary/aromatic N) is 1. The topological polar surface area (TPSA) is 75.7 Å². The average Bonchev–Trinajstić information content (AvgIpc) is 2.73. The van der Waals surface area contributed by atoms with Crippen LogP contribution in [-0.2, 0) is 23.3 Å². The van der Waals surface area contributed by atoms with E-state index in [0.29, 0.717) is 18.7 Å². The van der Waals surface area contributed by atoms with Crippen molar-refractivity contribution in [2.24, 2.45) is 0 Å². The molecule has 1 saturated carbocycles. The van der Waals surface area contributed by atoms with Gasteiger partial charge in [0.15, 0.2) is 0 Å². The molecular weight excluding hydrogens is 388 g/mol. The van der Waals surface area contributed by atoms with Crippen molar-refractivity contribution in [3.05, 3.63) is 65.2 Å². The summed E-state index contributed by atoms with van der Waals surface area (Å²) in [4.78, 5) is 14.5. The third kappa shape index (κ3) is 4.97. The Balaban J connectivity index is 1.45. The molecule has 1 N–H and O–H groups in total. The van der Waals surface area contributed by atoms with Crippen LogP contribution in [0.2, 0.25) is 0 Å². The summed E-state index contributed by atoms with van der Waals surface area (Å²) in [5.41, 5.74) is 2.70. The quantitative estimate of drug-likeness (QED) is 0.813. The Morgan fingerprint density at radius 3 is 2.52 bits per heavy atom. The van der Waals surface area contributed by atoms with Crippen LogP contribution in [0, 0.1) is 0 Å². The Labute approximate surface area is 172 Å². The fraction of sp³-hybridized carbons (Fsp3) is 0.409. The monoisotopic (exact) mass is 414 g/mol. The predicted octanol–water partition coefficient (Wildman–Crippen LogP) is 3.43. The average molecular weight is 415 g/mol. The van der Waals surface area contributed by atoms with Gasteiger partial charge in [0.1, 0.15) is 5.75 Å². The molecule has 7 heteroatoms. The van der Waals surface area contributed by atoms with E-state index in [2.05, 4.69) is 4.72 Å². The van der Waals surface area contributed by atoms with Gasteiger partial charge in [0.05, 0.1) is 0 Å². The van der Waals surface area contributed by atoms with Crippen molar-refractivity contribution in [3.63, 3.8) is 0 Å². The predicted molar refractivity (Wildman–Crippen MR) is 111 cm³/mol. The molecule has 1 aliphatic heterocycles. The molecule has 0 unspecified atom stereocenters. The molecule has 1 amide bonds. The number of carbonyl (C=O) groups is 1. The van der Waals surface area contributed by atoms with E-state index in [1.165, 1.54) is 0 Å². The van der Waals surface area contributed by atoms with Crippen LogP contribution in [0.25, 0.3) is 0 Å². The fourth-order valence-electron chi connectivity index (χ4n) is 4.10. The summed E-state index contributed by atoms with van der Waals surface area (Å²) in [7, 11) is -3.86. The minimum atomic E-state index is -3.86. The van der Waals surface area contributed by atoms with Gasteiger partial charge in [-0.2, -0.15) is 13.1 Å². The number of benzene rings is 2. The SMILES string of the molecule is O=C(c1ccccc1)N1CCc2ccc(OS(=O)(=O)NC3CCCCC3)cc2C1. The minimum Gasteiger partial charge on any atom is -0.371 e. The lowest BCUT2D eigenvalue weighted by molar-refractivity contribution is 0.0734. The maximum Gasteiger partial charge on any atom is 0.382 e. The van der Waals surface area contributed by atoms with E-state index in [1.807, 2.05) is 24.3 Å². The normalized spacial score (nSPS) is 17.6. The summed E-state index contributed by atoms with van der Waals surface area (Å²) >= 11 is 0. The lowest BCUT2D eigenvalue weighted by atomic mass is 9.96. The molecule has 0 saturated heterocycles. The molecule has 2 aliphatic rings. The second kappa shape index (κ2) is 8.55. The van der Waals surface area contributed by atoms with Gasteiger partial charge in [0.25, 0.3) is 5.91 Å². The van der Waals surface area contributed by atoms with E-state index in [9.17, 15) is 13.2 Å². The van der Waals surface area contributed by atoms with Crippen LogP contribution < -0.4 is 8.91 Å². The van der Waals surface area contributed by atoms with Crippen molar-refractivity contribution in [2.45, 2.75) is 51.1 Å². The Morgan fingerprint density at radius 2 is 1.76 bits per heavy atom. The molecule has 4 rings (SSSR count). The zero-order valence-electron chi connectivity index (χ0n) is 16.3. The number of fused-ring (bicyclic) bond motifs is 1. The molecule has 0 radical (unpaired) electrons. The molecule has 1 fully saturated rings. The summed E-state index contributed by atoms with van der Waals surface area (Å²) in [6, 6.07) is 14.5. The molecule has 2 aromatic carbocycles. The Bertz CT molecular complexity index is 970. The Kier molecular flexibility index (Phi) is 5.87. The van der Waals surface area contributed by atoms with Crippen LogP contribution in [0.1, 0.15) is 53.6 Å². The van der Waals surface area contributed by atoms with Crippen LogP contribution in [0.3, 0.4) is 0 Å². The van der Waals surface area contributed by atoms with Gasteiger partial charge in [-0.05, 0) is 54.7 Å². The summed E-state index contributed by atoms with van der Waals surface area (Å²) in [5.74, 6) is 0.259. The highest BCUT2D eigenvalue weighted by atomic mass is 32.2. The van der Waals surface area contributed by atoms with Crippen molar-refractivity contribution in [2.75, 3.05) is 6.54 Å². The van der Waals surface area contributed by atoms with Crippen LogP contribution in [-0.4, -0.2) is 31.8 Å². The number of hydrogen-bond acceptors (Lipinski definition) is 4. The second-order valence-electron chi connectivity index (χ2n) is 7.76. The molecule has 1 aliphatic carbocycles. The second-order valence-corrected chi connectivity index (χ2v) is 9.07. The van der Waals surface area contributed by atoms with Crippen LogP contribution in [0.4, 0.5) is 0 Å². The highest BCUT2D eigenvalue weighted by Crippen LogP contribution is 2.26. The zero-order chi connectivity index (χ0) is 20.3. The fourth-order valence-corrected chi connectivity index (χ4v) is 5.15. The molecule has 2 aromatic rings. The number of hydrogen-bond donors (Lipinski definition) is 1. The van der Waals surface area contributed by atoms with Gasteiger partial charge >= 0.3 is 10.3 Å². The Hall–Kier alpha value is -2.38. The van der Waals surface area contributed by atoms with Crippen molar-refractivity contribution < 1.29 is 17.4 Å². The smallest absolute Gasteiger partial charge is 0.371 e. The van der Waals surface area contributed by atoms with Gasteiger partial charge in [-0.15, -0.1) is 0 Å². The van der Waals surface area contributed by atoms with E-state index in [1.54, 1.807) is 29.2 Å². The standard InChI is InChI=1S/C22H26N2O4S/c25-22(18-7-3-1-4-8-18)24-14-13-17-11-12-21(15-19(17)16-24)28-29(26,27)23-20-9-5-2-6-10-20/h1,3-4,7-8,11-12,15,20,23H,2,5-6,9-10,13-14,16H2. The lowest BCUT2D eigenvalue weighted by Crippen LogP contribution is -2.38. The Morgan fingerprint density at radius 1 is 1.00 bits per heavy atom. The molecular formula is C22H26N2O4S. The van der Waals surface area contributed by atoms with Gasteiger partial charge in [-0.1, -0.05) is 43.5 Å². The first kappa shape index (κ1) is 19.9. The number of amides is 1. The van der Waals surface area contributed by atoms with E-state index >= 15 is 0 Å². The molecule has 29 heavy (non-hydrogen) atoms. The van der Waals surface area contributed by atoms with Crippen molar-refractivity contribution in [1.82, 2.24) is 9.62 Å². The third-order valence-corrected chi connectivity index (χ3v) is 6.65. The van der Waals surface area contributed by atoms with Gasteiger partial charge in [0.2, 0.25) is 0 Å². The first-order valence-corrected chi connectivity index (χ1v) is 11.6. The first-order chi connectivity index (χ1) is 14.0. The van der Waals surface area contributed by atoms with Gasteiger partial charge < -0.3 is 9.08 Å². The maximum atomic E-state index is 12.7. The van der Waals surface area contributed by atoms with Crippen molar-refractivity contribution in [1.29, 1.82) is 0 Å². The summed E-state index contributed by atoms with van der Waals surface area (Å²) in [5, 5.41) is 0. The molecule has 1 heterocycles. The van der Waals surface area contributed by atoms with E-state index in [-0.39, 0.29) is 17.7 Å². The third-order valence-electron chi connectivity index (χ3n) is 5.62.